The summed E-state index contributed by atoms with van der Waals surface area (Å²) >= 11 is 0. The minimum atomic E-state index is 0.142. The Labute approximate surface area is 179 Å². The van der Waals surface area contributed by atoms with Crippen LogP contribution >= 0.6 is 0 Å². The fourth-order valence-corrected chi connectivity index (χ4v) is 9.62. The van der Waals surface area contributed by atoms with Crippen molar-refractivity contribution in [1.29, 1.82) is 0 Å². The van der Waals surface area contributed by atoms with Crippen LogP contribution in [-0.2, 0) is 4.79 Å². The van der Waals surface area contributed by atoms with Gasteiger partial charge in [0.2, 0.25) is 0 Å². The van der Waals surface area contributed by atoms with Gasteiger partial charge in [0.1, 0.15) is 5.78 Å². The molecule has 5 aliphatic carbocycles. The molecular weight excluding hydrogens is 352 g/mol. The molecule has 0 aliphatic heterocycles. The van der Waals surface area contributed by atoms with Gasteiger partial charge in [0.05, 0.1) is 0 Å². The molecule has 0 N–H and O–H groups in total. The number of fused-ring (bicyclic) bond motifs is 4. The summed E-state index contributed by atoms with van der Waals surface area (Å²) in [4.78, 5) is 13.4. The second kappa shape index (κ2) is 6.46. The molecule has 0 aromatic rings. The lowest BCUT2D eigenvalue weighted by molar-refractivity contribution is -0.151. The molecule has 0 radical (unpaired) electrons. The molecule has 0 aromatic heterocycles. The van der Waals surface area contributed by atoms with Crippen LogP contribution in [0.25, 0.3) is 0 Å². The van der Waals surface area contributed by atoms with Gasteiger partial charge in [-0.05, 0) is 103 Å². The first-order valence-electron chi connectivity index (χ1n) is 12.9. The van der Waals surface area contributed by atoms with Gasteiger partial charge in [-0.1, -0.05) is 53.7 Å². The van der Waals surface area contributed by atoms with Gasteiger partial charge in [-0.3, -0.25) is 4.79 Å². The average Bonchev–Trinajstić information content (AvgIpc) is 3.20. The van der Waals surface area contributed by atoms with E-state index in [1.807, 2.05) is 0 Å². The molecule has 10 atom stereocenters. The fraction of sp³-hybridized carbons (Fsp3) is 0.893. The van der Waals surface area contributed by atoms with Crippen LogP contribution in [0.15, 0.2) is 12.2 Å². The van der Waals surface area contributed by atoms with Gasteiger partial charge in [0.15, 0.2) is 0 Å². The second-order valence-electron chi connectivity index (χ2n) is 12.9. The molecule has 1 spiro atoms. The second-order valence-corrected chi connectivity index (χ2v) is 12.9. The van der Waals surface area contributed by atoms with Crippen molar-refractivity contribution in [3.05, 3.63) is 12.2 Å². The number of hydrogen-bond donors (Lipinski definition) is 0. The molecule has 0 aromatic carbocycles. The maximum atomic E-state index is 13.4. The van der Waals surface area contributed by atoms with E-state index in [4.69, 9.17) is 0 Å². The van der Waals surface area contributed by atoms with Gasteiger partial charge in [-0.25, -0.2) is 0 Å². The van der Waals surface area contributed by atoms with Gasteiger partial charge in [0, 0.05) is 11.8 Å². The summed E-state index contributed by atoms with van der Waals surface area (Å²) in [5.74, 6) is 6.63. The van der Waals surface area contributed by atoms with Crippen LogP contribution in [-0.4, -0.2) is 5.78 Å². The van der Waals surface area contributed by atoms with Crippen molar-refractivity contribution in [2.75, 3.05) is 0 Å². The molecule has 5 fully saturated rings. The highest BCUT2D eigenvalue weighted by Gasteiger charge is 2.77. The minimum absolute atomic E-state index is 0.142. The van der Waals surface area contributed by atoms with E-state index in [-0.39, 0.29) is 5.41 Å². The van der Waals surface area contributed by atoms with Gasteiger partial charge in [-0.2, -0.15) is 0 Å². The monoisotopic (exact) mass is 396 g/mol. The first-order chi connectivity index (χ1) is 13.6. The zero-order chi connectivity index (χ0) is 20.8. The minimum Gasteiger partial charge on any atom is -0.299 e. The third kappa shape index (κ3) is 2.54. The van der Waals surface area contributed by atoms with E-state index in [1.54, 1.807) is 0 Å². The Morgan fingerprint density at radius 1 is 0.931 bits per heavy atom. The highest BCUT2D eigenvalue weighted by Crippen LogP contribution is 2.80. The molecule has 0 bridgehead atoms. The Kier molecular flexibility index (Phi) is 4.53. The first kappa shape index (κ1) is 20.3. The molecule has 2 unspecified atom stereocenters. The van der Waals surface area contributed by atoms with Crippen LogP contribution < -0.4 is 0 Å². The fourth-order valence-electron chi connectivity index (χ4n) is 9.62. The third-order valence-electron chi connectivity index (χ3n) is 11.8. The average molecular weight is 397 g/mol. The van der Waals surface area contributed by atoms with Crippen LogP contribution in [0, 0.1) is 63.6 Å². The van der Waals surface area contributed by atoms with Crippen LogP contribution in [0.4, 0.5) is 0 Å². The molecule has 5 aliphatic rings. The molecule has 0 saturated heterocycles. The van der Waals surface area contributed by atoms with E-state index in [9.17, 15) is 4.79 Å². The molecule has 162 valence electrons. The van der Waals surface area contributed by atoms with Crippen molar-refractivity contribution in [3.63, 3.8) is 0 Å². The van der Waals surface area contributed by atoms with E-state index >= 15 is 0 Å². The number of Topliss-reactive ketones (excluding diaryl/α,β-unsaturated/α-hetero) is 1. The predicted octanol–water partition coefficient (Wildman–Crippen LogP) is 7.31. The first-order valence-corrected chi connectivity index (χ1v) is 12.9. The number of allylic oxidation sites excluding steroid dienone is 2. The predicted molar refractivity (Wildman–Crippen MR) is 120 cm³/mol. The van der Waals surface area contributed by atoms with Gasteiger partial charge in [0.25, 0.3) is 0 Å². The Balaban J connectivity index is 1.38. The number of carbonyl (C=O) groups is 1. The number of carbonyl (C=O) groups excluding carboxylic acids is 1. The lowest BCUT2D eigenvalue weighted by atomic mass is 9.45. The Morgan fingerprint density at radius 2 is 1.69 bits per heavy atom. The number of rotatable bonds is 4. The Morgan fingerprint density at radius 3 is 2.38 bits per heavy atom. The van der Waals surface area contributed by atoms with E-state index in [0.29, 0.717) is 34.4 Å². The molecular formula is C28H44O. The molecule has 0 amide bonds. The van der Waals surface area contributed by atoms with Gasteiger partial charge in [-0.15, -0.1) is 0 Å². The third-order valence-corrected chi connectivity index (χ3v) is 11.8. The largest absolute Gasteiger partial charge is 0.299 e. The van der Waals surface area contributed by atoms with E-state index < -0.39 is 0 Å². The topological polar surface area (TPSA) is 17.1 Å². The summed E-state index contributed by atoms with van der Waals surface area (Å²) < 4.78 is 0. The standard InChI is InChI=1S/C28H44O/c1-17(2)18(3)7-8-19(4)22-9-10-23-21-15-25(29)28-16-20(28)11-14-27(28,6)24(21)12-13-26(22,23)5/h7-8,17-24H,9-16H2,1-6H3/t18-,19+,20?,21-,22+,23-,24-,26+,27+,28?/m0/s1. The molecule has 1 nitrogen and oxygen atoms in total. The normalized spacial score (nSPS) is 52.8. The van der Waals surface area contributed by atoms with E-state index in [0.717, 1.165) is 36.0 Å². The van der Waals surface area contributed by atoms with Crippen molar-refractivity contribution in [2.45, 2.75) is 92.9 Å². The van der Waals surface area contributed by atoms with Crippen molar-refractivity contribution in [2.24, 2.45) is 63.6 Å². The van der Waals surface area contributed by atoms with Crippen molar-refractivity contribution < 1.29 is 4.79 Å². The molecule has 0 heterocycles. The zero-order valence-corrected chi connectivity index (χ0v) is 19.8. The summed E-state index contributed by atoms with van der Waals surface area (Å²) in [5.41, 5.74) is 0.937. The maximum absolute atomic E-state index is 13.4. The highest BCUT2D eigenvalue weighted by atomic mass is 16.1. The van der Waals surface area contributed by atoms with Crippen molar-refractivity contribution in [3.8, 4) is 0 Å². The van der Waals surface area contributed by atoms with Gasteiger partial charge < -0.3 is 0 Å². The van der Waals surface area contributed by atoms with Crippen molar-refractivity contribution >= 4 is 5.78 Å². The summed E-state index contributed by atoms with van der Waals surface area (Å²) in [6.45, 7) is 14.6. The number of ketones is 1. The smallest absolute Gasteiger partial charge is 0.140 e. The summed E-state index contributed by atoms with van der Waals surface area (Å²) in [6.07, 6.45) is 15.4. The van der Waals surface area contributed by atoms with Crippen molar-refractivity contribution in [1.82, 2.24) is 0 Å². The Bertz CT molecular complexity index is 720. The van der Waals surface area contributed by atoms with Gasteiger partial charge >= 0.3 is 0 Å². The maximum Gasteiger partial charge on any atom is 0.140 e. The quantitative estimate of drug-likeness (QED) is 0.455. The van der Waals surface area contributed by atoms with Crippen LogP contribution in [0.3, 0.4) is 0 Å². The summed E-state index contributed by atoms with van der Waals surface area (Å²) in [5, 5.41) is 0. The Hall–Kier alpha value is -0.590. The molecule has 5 rings (SSSR count). The lowest BCUT2D eigenvalue weighted by Gasteiger charge is -2.58. The molecule has 29 heavy (non-hydrogen) atoms. The van der Waals surface area contributed by atoms with E-state index in [2.05, 4.69) is 53.7 Å². The lowest BCUT2D eigenvalue weighted by Crippen LogP contribution is -2.55. The highest BCUT2D eigenvalue weighted by molar-refractivity contribution is 5.91. The summed E-state index contributed by atoms with van der Waals surface area (Å²) in [7, 11) is 0. The summed E-state index contributed by atoms with van der Waals surface area (Å²) in [6, 6.07) is 0. The molecule has 5 saturated carbocycles. The zero-order valence-electron chi connectivity index (χ0n) is 19.8. The van der Waals surface area contributed by atoms with E-state index in [1.165, 1.54) is 44.9 Å². The van der Waals surface area contributed by atoms with Crippen LogP contribution in [0.5, 0.6) is 0 Å². The SMILES string of the molecule is CC(C)[C@@H](C)C=C[C@@H](C)[C@H]1CC[C@H]2[C@@H]3CC(=O)C45CC4CC[C@]5(C)[C@H]3CC[C@]12C. The van der Waals surface area contributed by atoms with Crippen LogP contribution in [0.1, 0.15) is 92.9 Å². The number of hydrogen-bond acceptors (Lipinski definition) is 1. The molecule has 1 heteroatoms. The van der Waals surface area contributed by atoms with Crippen LogP contribution in [0.2, 0.25) is 0 Å².